The van der Waals surface area contributed by atoms with Gasteiger partial charge in [-0.3, -0.25) is 18.5 Å². The number of aromatic nitrogens is 4. The Kier molecular flexibility index (Phi) is 5.33. The second-order valence-electron chi connectivity index (χ2n) is 7.12. The van der Waals surface area contributed by atoms with E-state index in [1.807, 2.05) is 0 Å². The van der Waals surface area contributed by atoms with Crippen LogP contribution in [-0.2, 0) is 26.8 Å². The van der Waals surface area contributed by atoms with Gasteiger partial charge in [0.15, 0.2) is 11.2 Å². The summed E-state index contributed by atoms with van der Waals surface area (Å²) in [6, 6.07) is 11.0. The molecule has 32 heavy (non-hydrogen) atoms. The number of ether oxygens (including phenoxy) is 1. The Morgan fingerprint density at radius 1 is 1.03 bits per heavy atom. The van der Waals surface area contributed by atoms with Crippen LogP contribution in [0, 0.1) is 0 Å². The zero-order valence-corrected chi connectivity index (χ0v) is 17.6. The van der Waals surface area contributed by atoms with Gasteiger partial charge in [-0.05, 0) is 35.9 Å². The third-order valence-corrected chi connectivity index (χ3v) is 5.15. The van der Waals surface area contributed by atoms with Crippen LogP contribution in [0.1, 0.15) is 11.1 Å². The monoisotopic (exact) mass is 464 g/mol. The molecule has 2 aromatic carbocycles. The number of fused-ring (bicyclic) bond motifs is 1. The number of hydrogen-bond acceptors (Lipinski definition) is 4. The van der Waals surface area contributed by atoms with Crippen molar-refractivity contribution in [3.8, 4) is 11.8 Å². The van der Waals surface area contributed by atoms with Crippen LogP contribution in [0.5, 0.6) is 11.8 Å². The lowest BCUT2D eigenvalue weighted by molar-refractivity contribution is -0.137. The molecule has 0 atom stereocenters. The van der Waals surface area contributed by atoms with Crippen molar-refractivity contribution in [2.45, 2.75) is 12.7 Å². The fourth-order valence-electron chi connectivity index (χ4n) is 3.31. The number of nitrogens with zero attached hydrogens (tertiary/aromatic N) is 4. The Morgan fingerprint density at radius 2 is 1.75 bits per heavy atom. The molecule has 2 heterocycles. The van der Waals surface area contributed by atoms with Crippen LogP contribution >= 0.6 is 11.6 Å². The molecule has 4 aromatic rings. The molecule has 11 heteroatoms. The van der Waals surface area contributed by atoms with Crippen LogP contribution in [-0.4, -0.2) is 18.7 Å². The van der Waals surface area contributed by atoms with E-state index in [2.05, 4.69) is 4.98 Å². The first-order valence-corrected chi connectivity index (χ1v) is 9.70. The highest BCUT2D eigenvalue weighted by Crippen LogP contribution is 2.33. The average molecular weight is 465 g/mol. The molecule has 0 saturated heterocycles. The van der Waals surface area contributed by atoms with E-state index in [9.17, 15) is 22.8 Å². The molecule has 0 aliphatic carbocycles. The number of benzene rings is 2. The molecule has 0 spiro atoms. The first-order chi connectivity index (χ1) is 15.1. The van der Waals surface area contributed by atoms with Gasteiger partial charge in [0.2, 0.25) is 0 Å². The second kappa shape index (κ2) is 7.86. The minimum Gasteiger partial charge on any atom is -0.425 e. The lowest BCUT2D eigenvalue weighted by Gasteiger charge is -2.12. The van der Waals surface area contributed by atoms with Gasteiger partial charge < -0.3 is 4.74 Å². The van der Waals surface area contributed by atoms with Gasteiger partial charge in [-0.2, -0.15) is 18.2 Å². The standard InChI is InChI=1S/C21H16ClF3N4O3/c1-27-17-16(18(30)28(2)20(27)31)29(11-12-5-3-7-14(22)9-12)19(26-17)32-15-8-4-6-13(10-15)21(23,24)25/h3-10H,11H2,1-2H3. The summed E-state index contributed by atoms with van der Waals surface area (Å²) in [5.41, 5.74) is -1.30. The van der Waals surface area contributed by atoms with Crippen molar-refractivity contribution in [2.24, 2.45) is 14.1 Å². The average Bonchev–Trinajstić information content (AvgIpc) is 3.08. The van der Waals surface area contributed by atoms with Crippen molar-refractivity contribution in [1.29, 1.82) is 0 Å². The summed E-state index contributed by atoms with van der Waals surface area (Å²) in [5.74, 6) is -0.121. The fraction of sp³-hybridized carbons (Fsp3) is 0.190. The van der Waals surface area contributed by atoms with E-state index < -0.39 is 23.0 Å². The molecular formula is C21H16ClF3N4O3. The van der Waals surface area contributed by atoms with Crippen LogP contribution in [0.3, 0.4) is 0 Å². The van der Waals surface area contributed by atoms with Crippen LogP contribution in [0.2, 0.25) is 5.02 Å². The van der Waals surface area contributed by atoms with Crippen molar-refractivity contribution in [2.75, 3.05) is 0 Å². The molecule has 0 amide bonds. The topological polar surface area (TPSA) is 71.1 Å². The summed E-state index contributed by atoms with van der Waals surface area (Å²) in [4.78, 5) is 29.5. The predicted octanol–water partition coefficient (Wildman–Crippen LogP) is 3.95. The first kappa shape index (κ1) is 21.7. The summed E-state index contributed by atoms with van der Waals surface area (Å²) >= 11 is 6.06. The van der Waals surface area contributed by atoms with E-state index in [1.165, 1.54) is 35.4 Å². The van der Waals surface area contributed by atoms with Gasteiger partial charge in [0.25, 0.3) is 5.56 Å². The van der Waals surface area contributed by atoms with Crippen molar-refractivity contribution in [3.63, 3.8) is 0 Å². The van der Waals surface area contributed by atoms with Gasteiger partial charge in [-0.25, -0.2) is 4.79 Å². The van der Waals surface area contributed by atoms with Gasteiger partial charge in [-0.1, -0.05) is 29.8 Å². The number of alkyl halides is 3. The molecule has 0 aliphatic heterocycles. The molecule has 0 saturated carbocycles. The van der Waals surface area contributed by atoms with Gasteiger partial charge in [-0.15, -0.1) is 0 Å². The Labute approximate surface area is 183 Å². The summed E-state index contributed by atoms with van der Waals surface area (Å²) in [7, 11) is 2.77. The molecule has 4 rings (SSSR count). The molecule has 0 aliphatic rings. The SMILES string of the molecule is Cn1c(=O)c2c(nc(Oc3cccc(C(F)(F)F)c3)n2Cc2cccc(Cl)c2)n(C)c1=O. The normalized spacial score (nSPS) is 11.8. The summed E-state index contributed by atoms with van der Waals surface area (Å²) in [6.07, 6.45) is -4.56. The highest BCUT2D eigenvalue weighted by molar-refractivity contribution is 6.30. The molecule has 0 unspecified atom stereocenters. The number of aryl methyl sites for hydroxylation is 1. The summed E-state index contributed by atoms with van der Waals surface area (Å²) in [6.45, 7) is 0.0821. The molecular weight excluding hydrogens is 449 g/mol. The van der Waals surface area contributed by atoms with Gasteiger partial charge in [0.05, 0.1) is 12.1 Å². The van der Waals surface area contributed by atoms with Crippen molar-refractivity contribution < 1.29 is 17.9 Å². The smallest absolute Gasteiger partial charge is 0.416 e. The maximum atomic E-state index is 13.1. The molecule has 0 bridgehead atoms. The second-order valence-corrected chi connectivity index (χ2v) is 7.55. The van der Waals surface area contributed by atoms with Crippen LogP contribution in [0.25, 0.3) is 11.2 Å². The maximum Gasteiger partial charge on any atom is 0.416 e. The zero-order chi connectivity index (χ0) is 23.2. The van der Waals surface area contributed by atoms with Crippen LogP contribution in [0.15, 0.2) is 58.1 Å². The quantitative estimate of drug-likeness (QED) is 0.458. The summed E-state index contributed by atoms with van der Waals surface area (Å²) in [5, 5.41) is 0.465. The Morgan fingerprint density at radius 3 is 2.44 bits per heavy atom. The number of halogens is 4. The Hall–Kier alpha value is -3.53. The third-order valence-electron chi connectivity index (χ3n) is 4.91. The van der Waals surface area contributed by atoms with E-state index >= 15 is 0 Å². The van der Waals surface area contributed by atoms with E-state index in [4.69, 9.17) is 16.3 Å². The van der Waals surface area contributed by atoms with E-state index in [0.717, 1.165) is 16.7 Å². The minimum absolute atomic E-state index is 0.0436. The van der Waals surface area contributed by atoms with Gasteiger partial charge >= 0.3 is 17.9 Å². The first-order valence-electron chi connectivity index (χ1n) is 9.32. The number of rotatable bonds is 4. The maximum absolute atomic E-state index is 13.1. The third kappa shape index (κ3) is 3.89. The van der Waals surface area contributed by atoms with Crippen LogP contribution in [0.4, 0.5) is 13.2 Å². The fourth-order valence-corrected chi connectivity index (χ4v) is 3.52. The highest BCUT2D eigenvalue weighted by Gasteiger charge is 2.31. The van der Waals surface area contributed by atoms with Crippen molar-refractivity contribution >= 4 is 22.8 Å². The van der Waals surface area contributed by atoms with Gasteiger partial charge in [0.1, 0.15) is 5.75 Å². The Balaban J connectivity index is 1.92. The van der Waals surface area contributed by atoms with Crippen LogP contribution < -0.4 is 16.0 Å². The molecule has 2 aromatic heterocycles. The van der Waals surface area contributed by atoms with Crippen molar-refractivity contribution in [1.82, 2.24) is 18.7 Å². The largest absolute Gasteiger partial charge is 0.425 e. The molecule has 7 nitrogen and oxygen atoms in total. The molecule has 0 N–H and O–H groups in total. The lowest BCUT2D eigenvalue weighted by atomic mass is 10.2. The van der Waals surface area contributed by atoms with E-state index in [1.54, 1.807) is 24.3 Å². The lowest BCUT2D eigenvalue weighted by Crippen LogP contribution is -2.37. The minimum atomic E-state index is -4.56. The molecule has 0 fully saturated rings. The van der Waals surface area contributed by atoms with Gasteiger partial charge in [0, 0.05) is 19.1 Å². The molecule has 166 valence electrons. The van der Waals surface area contributed by atoms with E-state index in [0.29, 0.717) is 10.6 Å². The number of imidazole rings is 1. The Bertz CT molecular complexity index is 1450. The molecule has 0 radical (unpaired) electrons. The number of hydrogen-bond donors (Lipinski definition) is 0. The van der Waals surface area contributed by atoms with E-state index in [-0.39, 0.29) is 29.5 Å². The summed E-state index contributed by atoms with van der Waals surface area (Å²) < 4.78 is 48.5. The van der Waals surface area contributed by atoms with Crippen molar-refractivity contribution in [3.05, 3.63) is 85.5 Å². The predicted molar refractivity (Wildman–Crippen MR) is 112 cm³/mol. The zero-order valence-electron chi connectivity index (χ0n) is 16.9. The highest BCUT2D eigenvalue weighted by atomic mass is 35.5.